The van der Waals surface area contributed by atoms with E-state index in [9.17, 15) is 4.79 Å². The van der Waals surface area contributed by atoms with Crippen LogP contribution in [0.15, 0.2) is 0 Å². The minimum atomic E-state index is -0.680. The van der Waals surface area contributed by atoms with Gasteiger partial charge in [-0.05, 0) is 31.2 Å². The Labute approximate surface area is 93.3 Å². The molecule has 0 spiro atoms. The summed E-state index contributed by atoms with van der Waals surface area (Å²) in [7, 11) is 0. The van der Waals surface area contributed by atoms with Gasteiger partial charge in [-0.3, -0.25) is 4.79 Å². The lowest BCUT2D eigenvalue weighted by molar-refractivity contribution is -0.142. The van der Waals surface area contributed by atoms with Gasteiger partial charge in [-0.2, -0.15) is 0 Å². The van der Waals surface area contributed by atoms with Crippen molar-refractivity contribution in [3.63, 3.8) is 0 Å². The minimum Gasteiger partial charge on any atom is -0.481 e. The van der Waals surface area contributed by atoms with Crippen LogP contribution < -0.4 is 5.32 Å². The second kappa shape index (κ2) is 7.69. The molecule has 0 bridgehead atoms. The fraction of sp³-hybridized carbons (Fsp3) is 0.917. The molecule has 0 aliphatic rings. The van der Waals surface area contributed by atoms with Crippen LogP contribution in [0.4, 0.5) is 0 Å². The molecular formula is C12H25NO2. The van der Waals surface area contributed by atoms with E-state index in [1.165, 1.54) is 0 Å². The van der Waals surface area contributed by atoms with Crippen molar-refractivity contribution in [3.05, 3.63) is 0 Å². The Balaban J connectivity index is 3.72. The average molecular weight is 215 g/mol. The van der Waals surface area contributed by atoms with Gasteiger partial charge in [0.15, 0.2) is 0 Å². The lowest BCUT2D eigenvalue weighted by Crippen LogP contribution is -2.30. The third-order valence-electron chi connectivity index (χ3n) is 2.39. The summed E-state index contributed by atoms with van der Waals surface area (Å²) in [5, 5.41) is 12.2. The van der Waals surface area contributed by atoms with Crippen molar-refractivity contribution in [2.75, 3.05) is 13.1 Å². The predicted octanol–water partition coefficient (Wildman–Crippen LogP) is 2.37. The molecule has 1 atom stereocenters. The molecule has 15 heavy (non-hydrogen) atoms. The van der Waals surface area contributed by atoms with Crippen molar-refractivity contribution >= 4 is 5.97 Å². The van der Waals surface area contributed by atoms with Crippen molar-refractivity contribution in [2.24, 2.45) is 17.8 Å². The summed E-state index contributed by atoms with van der Waals surface area (Å²) < 4.78 is 0. The zero-order chi connectivity index (χ0) is 11.8. The molecule has 3 nitrogen and oxygen atoms in total. The van der Waals surface area contributed by atoms with Gasteiger partial charge in [0.1, 0.15) is 0 Å². The van der Waals surface area contributed by atoms with Gasteiger partial charge >= 0.3 is 5.97 Å². The largest absolute Gasteiger partial charge is 0.481 e. The zero-order valence-corrected chi connectivity index (χ0v) is 10.4. The second-order valence-electron chi connectivity index (χ2n) is 5.05. The van der Waals surface area contributed by atoms with Crippen molar-refractivity contribution in [2.45, 2.75) is 40.5 Å². The number of rotatable bonds is 8. The van der Waals surface area contributed by atoms with Crippen molar-refractivity contribution in [1.29, 1.82) is 0 Å². The third kappa shape index (κ3) is 8.43. The molecule has 0 amide bonds. The highest BCUT2D eigenvalue weighted by atomic mass is 16.4. The Hall–Kier alpha value is -0.570. The molecule has 0 saturated heterocycles. The first-order valence-electron chi connectivity index (χ1n) is 5.87. The maximum absolute atomic E-state index is 10.9. The van der Waals surface area contributed by atoms with Gasteiger partial charge in [0.05, 0.1) is 5.92 Å². The van der Waals surface area contributed by atoms with E-state index in [-0.39, 0.29) is 5.92 Å². The van der Waals surface area contributed by atoms with Gasteiger partial charge in [-0.1, -0.05) is 27.7 Å². The summed E-state index contributed by atoms with van der Waals surface area (Å²) in [6, 6.07) is 0. The molecule has 0 fully saturated rings. The van der Waals surface area contributed by atoms with E-state index in [0.717, 1.165) is 19.4 Å². The number of carbonyl (C=O) groups is 1. The fourth-order valence-corrected chi connectivity index (χ4v) is 1.51. The molecule has 0 aromatic heterocycles. The number of carboxylic acids is 1. The van der Waals surface area contributed by atoms with Crippen LogP contribution >= 0.6 is 0 Å². The molecule has 0 aliphatic carbocycles. The Morgan fingerprint density at radius 1 is 1.20 bits per heavy atom. The Morgan fingerprint density at radius 3 is 2.20 bits per heavy atom. The summed E-state index contributed by atoms with van der Waals surface area (Å²) in [4.78, 5) is 10.9. The molecule has 3 heteroatoms. The van der Waals surface area contributed by atoms with Crippen LogP contribution in [0.2, 0.25) is 0 Å². The lowest BCUT2D eigenvalue weighted by atomic mass is 9.97. The molecule has 0 aromatic carbocycles. The maximum atomic E-state index is 10.9. The normalized spacial score (nSPS) is 13.5. The molecule has 0 aliphatic heterocycles. The van der Waals surface area contributed by atoms with E-state index >= 15 is 0 Å². The summed E-state index contributed by atoms with van der Waals surface area (Å²) in [5.74, 6) is 0.196. The molecule has 90 valence electrons. The van der Waals surface area contributed by atoms with Crippen LogP contribution in [0.3, 0.4) is 0 Å². The van der Waals surface area contributed by atoms with Crippen LogP contribution in [-0.4, -0.2) is 24.2 Å². The molecule has 0 saturated carbocycles. The number of hydrogen-bond donors (Lipinski definition) is 2. The van der Waals surface area contributed by atoms with E-state index in [0.29, 0.717) is 18.4 Å². The van der Waals surface area contributed by atoms with Crippen molar-refractivity contribution in [1.82, 2.24) is 5.32 Å². The number of carboxylic acid groups (broad SMARTS) is 1. The first-order valence-corrected chi connectivity index (χ1v) is 5.87. The first kappa shape index (κ1) is 14.4. The Kier molecular flexibility index (Phi) is 7.39. The standard InChI is InChI=1S/C12H25NO2/c1-9(2)5-6-13-8-11(12(14)15)7-10(3)4/h9-11,13H,5-8H2,1-4H3,(H,14,15). The van der Waals surface area contributed by atoms with Crippen molar-refractivity contribution < 1.29 is 9.90 Å². The van der Waals surface area contributed by atoms with Gasteiger partial charge < -0.3 is 10.4 Å². The number of nitrogens with one attached hydrogen (secondary N) is 1. The highest BCUT2D eigenvalue weighted by Crippen LogP contribution is 2.11. The van der Waals surface area contributed by atoms with E-state index in [1.807, 2.05) is 0 Å². The minimum absolute atomic E-state index is 0.239. The zero-order valence-electron chi connectivity index (χ0n) is 10.4. The molecule has 2 N–H and O–H groups in total. The molecular weight excluding hydrogens is 190 g/mol. The third-order valence-corrected chi connectivity index (χ3v) is 2.39. The maximum Gasteiger partial charge on any atom is 0.307 e. The average Bonchev–Trinajstić information content (AvgIpc) is 2.08. The second-order valence-corrected chi connectivity index (χ2v) is 5.05. The van der Waals surface area contributed by atoms with E-state index in [1.54, 1.807) is 0 Å². The van der Waals surface area contributed by atoms with Gasteiger partial charge in [0, 0.05) is 6.54 Å². The molecule has 1 unspecified atom stereocenters. The highest BCUT2D eigenvalue weighted by Gasteiger charge is 2.17. The van der Waals surface area contributed by atoms with Crippen LogP contribution in [0.5, 0.6) is 0 Å². The fourth-order valence-electron chi connectivity index (χ4n) is 1.51. The summed E-state index contributed by atoms with van der Waals surface area (Å²) in [6.07, 6.45) is 1.86. The van der Waals surface area contributed by atoms with Gasteiger partial charge in [0.2, 0.25) is 0 Å². The van der Waals surface area contributed by atoms with Gasteiger partial charge in [-0.25, -0.2) is 0 Å². The number of hydrogen-bond acceptors (Lipinski definition) is 2. The Bertz CT molecular complexity index is 178. The summed E-state index contributed by atoms with van der Waals surface area (Å²) >= 11 is 0. The van der Waals surface area contributed by atoms with Crippen LogP contribution in [0.1, 0.15) is 40.5 Å². The lowest BCUT2D eigenvalue weighted by Gasteiger charge is -2.15. The molecule has 0 aromatic rings. The molecule has 0 rings (SSSR count). The Morgan fingerprint density at radius 2 is 1.80 bits per heavy atom. The van der Waals surface area contributed by atoms with E-state index < -0.39 is 5.97 Å². The monoisotopic (exact) mass is 215 g/mol. The van der Waals surface area contributed by atoms with Crippen LogP contribution in [-0.2, 0) is 4.79 Å². The quantitative estimate of drug-likeness (QED) is 0.611. The van der Waals surface area contributed by atoms with E-state index in [2.05, 4.69) is 33.0 Å². The predicted molar refractivity (Wildman–Crippen MR) is 62.9 cm³/mol. The molecule has 0 radical (unpaired) electrons. The summed E-state index contributed by atoms with van der Waals surface area (Å²) in [5.41, 5.74) is 0. The van der Waals surface area contributed by atoms with E-state index in [4.69, 9.17) is 5.11 Å². The smallest absolute Gasteiger partial charge is 0.307 e. The number of aliphatic carboxylic acids is 1. The van der Waals surface area contributed by atoms with Gasteiger partial charge in [0.25, 0.3) is 0 Å². The first-order chi connectivity index (χ1) is 6.93. The summed E-state index contributed by atoms with van der Waals surface area (Å²) in [6.45, 7) is 9.98. The van der Waals surface area contributed by atoms with Crippen molar-refractivity contribution in [3.8, 4) is 0 Å². The topological polar surface area (TPSA) is 49.3 Å². The highest BCUT2D eigenvalue weighted by molar-refractivity contribution is 5.70. The van der Waals surface area contributed by atoms with Crippen LogP contribution in [0, 0.1) is 17.8 Å². The SMILES string of the molecule is CC(C)CCNCC(CC(C)C)C(=O)O. The molecule has 0 heterocycles. The van der Waals surface area contributed by atoms with Gasteiger partial charge in [-0.15, -0.1) is 0 Å². The van der Waals surface area contributed by atoms with Crippen LogP contribution in [0.25, 0.3) is 0 Å².